The second kappa shape index (κ2) is 30.8. The number of ether oxygens (including phenoxy) is 5. The Morgan fingerprint density at radius 3 is 1.65 bits per heavy atom. The van der Waals surface area contributed by atoms with Crippen LogP contribution in [0, 0.1) is 11.3 Å². The molecule has 25 nitrogen and oxygen atoms in total. The third-order valence-corrected chi connectivity index (χ3v) is 19.3. The number of carbonyl (C=O) groups is 2. The van der Waals surface area contributed by atoms with Crippen LogP contribution in [0.5, 0.6) is 23.0 Å². The standard InChI is InChI=1S/C69H61Cl2N9O16P2/c1-86-50-31-27-48(28-32-50)69(47-21-10-5-11-22-47,49-29-33-51(87-2)34-30-49)88-41-58-56(40-62(91-58)80-44-75-63-64(73-43-74-65(63)80)78-67(82)46-19-8-4-9-20-46)96-98(85,94-55-26-15-13-24-53(55)71)90-42-59-57(95-97(84,89-38-16-36-72)93-54-25-14-12-23-52(54)70)39-61(92-59)79-37-35-60(77-68(79)83)76-66(81)45-17-6-3-7-18-45/h3-15,17-35,37,43-44,56-59,61-62H,16,38-42H2,1-2H3,(H,73,74,78,82)(H,76,77,81,83)/t56-,57-,58+,59+,61+,62+,97?,98?/m0/s1. The van der Waals surface area contributed by atoms with E-state index in [4.69, 9.17) is 74.0 Å². The van der Waals surface area contributed by atoms with Crippen LogP contribution in [0.15, 0.2) is 218 Å². The van der Waals surface area contributed by atoms with E-state index in [2.05, 4.69) is 30.6 Å². The van der Waals surface area contributed by atoms with Gasteiger partial charge in [0.1, 0.15) is 77.6 Å². The number of fused-ring (bicyclic) bond motifs is 1. The number of nitrogens with one attached hydrogen (secondary N) is 2. The first kappa shape index (κ1) is 68.3. The lowest BCUT2D eigenvalue weighted by molar-refractivity contribution is -0.0936. The molecule has 29 heteroatoms. The van der Waals surface area contributed by atoms with E-state index in [1.54, 1.807) is 104 Å². The predicted octanol–water partition coefficient (Wildman–Crippen LogP) is 13.6. The van der Waals surface area contributed by atoms with Gasteiger partial charge in [-0.2, -0.15) is 10.2 Å². The van der Waals surface area contributed by atoms with Gasteiger partial charge in [0.15, 0.2) is 17.0 Å². The van der Waals surface area contributed by atoms with Crippen LogP contribution in [0.1, 0.15) is 69.1 Å². The normalized spacial score (nSPS) is 18.8. The molecule has 0 radical (unpaired) electrons. The Balaban J connectivity index is 0.918. The number of halogens is 2. The molecule has 0 spiro atoms. The van der Waals surface area contributed by atoms with Gasteiger partial charge in [-0.25, -0.2) is 28.9 Å². The maximum absolute atomic E-state index is 16.3. The van der Waals surface area contributed by atoms with Gasteiger partial charge in [-0.15, -0.1) is 0 Å². The van der Waals surface area contributed by atoms with Gasteiger partial charge < -0.3 is 43.4 Å². The largest absolute Gasteiger partial charge is 0.530 e. The lowest BCUT2D eigenvalue weighted by Crippen LogP contribution is -2.38. The van der Waals surface area contributed by atoms with Gasteiger partial charge in [-0.1, -0.05) is 138 Å². The Morgan fingerprint density at radius 2 is 1.11 bits per heavy atom. The van der Waals surface area contributed by atoms with Gasteiger partial charge in [0.25, 0.3) is 11.8 Å². The molecule has 8 atom stereocenters. The second-order valence-electron chi connectivity index (χ2n) is 22.0. The maximum atomic E-state index is 16.3. The van der Waals surface area contributed by atoms with Crippen molar-refractivity contribution in [2.45, 2.75) is 61.7 Å². The summed E-state index contributed by atoms with van der Waals surface area (Å²) >= 11 is 13.3. The number of imidazole rings is 1. The number of nitriles is 1. The molecule has 12 rings (SSSR count). The van der Waals surface area contributed by atoms with Crippen LogP contribution < -0.4 is 34.8 Å². The molecule has 2 amide bonds. The molecular weight excluding hydrogens is 1340 g/mol. The van der Waals surface area contributed by atoms with Crippen molar-refractivity contribution < 1.29 is 69.5 Å². The molecule has 2 aliphatic heterocycles. The number of rotatable bonds is 28. The Labute approximate surface area is 571 Å². The van der Waals surface area contributed by atoms with Gasteiger partial charge >= 0.3 is 21.3 Å². The zero-order valence-corrected chi connectivity index (χ0v) is 55.5. The van der Waals surface area contributed by atoms with E-state index in [1.807, 2.05) is 84.9 Å². The van der Waals surface area contributed by atoms with Crippen molar-refractivity contribution in [1.82, 2.24) is 29.1 Å². The number of benzene rings is 7. The summed E-state index contributed by atoms with van der Waals surface area (Å²) in [6.07, 6.45) is -4.35. The van der Waals surface area contributed by atoms with Crippen LogP contribution in [-0.4, -0.2) is 99.3 Å². The van der Waals surface area contributed by atoms with Gasteiger partial charge in [0.2, 0.25) is 0 Å². The minimum atomic E-state index is -5.16. The van der Waals surface area contributed by atoms with Gasteiger partial charge in [0.05, 0.1) is 62.9 Å². The molecule has 0 bridgehead atoms. The predicted molar refractivity (Wildman–Crippen MR) is 359 cm³/mol. The first-order valence-electron chi connectivity index (χ1n) is 30.5. The summed E-state index contributed by atoms with van der Waals surface area (Å²) < 4.78 is 104. The second-order valence-corrected chi connectivity index (χ2v) is 25.9. The maximum Gasteiger partial charge on any atom is 0.530 e. The molecule has 2 fully saturated rings. The Bertz CT molecular complexity index is 4590. The molecule has 0 saturated carbocycles. The number of phosphoric acid groups is 2. The number of methoxy groups -OCH3 is 2. The fourth-order valence-corrected chi connectivity index (χ4v) is 14.4. The van der Waals surface area contributed by atoms with Crippen molar-refractivity contribution in [1.29, 1.82) is 5.26 Å². The zero-order chi connectivity index (χ0) is 68.2. The quantitative estimate of drug-likeness (QED) is 0.0261. The van der Waals surface area contributed by atoms with Crippen molar-refractivity contribution in [3.8, 4) is 29.1 Å². The van der Waals surface area contributed by atoms with Crippen molar-refractivity contribution in [3.63, 3.8) is 0 Å². The highest BCUT2D eigenvalue weighted by Gasteiger charge is 2.50. The third kappa shape index (κ3) is 15.7. The number of carbonyl (C=O) groups excluding carboxylic acids is 2. The fourth-order valence-electron chi connectivity index (χ4n) is 11.1. The molecule has 98 heavy (non-hydrogen) atoms. The van der Waals surface area contributed by atoms with Gasteiger partial charge in [-0.3, -0.25) is 36.8 Å². The number of hydrogen-bond donors (Lipinski definition) is 2. The van der Waals surface area contributed by atoms with Crippen LogP contribution >= 0.6 is 38.8 Å². The van der Waals surface area contributed by atoms with E-state index in [1.165, 1.54) is 49.2 Å². The topological polar surface area (TPSA) is 296 Å². The van der Waals surface area contributed by atoms with E-state index in [0.717, 1.165) is 4.57 Å². The van der Waals surface area contributed by atoms with Crippen molar-refractivity contribution >= 4 is 73.5 Å². The van der Waals surface area contributed by atoms with Crippen molar-refractivity contribution in [2.75, 3.05) is 44.7 Å². The number of aromatic nitrogens is 6. The van der Waals surface area contributed by atoms with Crippen molar-refractivity contribution in [3.05, 3.63) is 261 Å². The molecular formula is C69H61Cl2N9O16P2. The van der Waals surface area contributed by atoms with Crippen LogP contribution in [-0.2, 0) is 47.0 Å². The highest BCUT2D eigenvalue weighted by molar-refractivity contribution is 7.49. The summed E-state index contributed by atoms with van der Waals surface area (Å²) in [5, 5.41) is 15.0. The van der Waals surface area contributed by atoms with E-state index in [0.29, 0.717) is 39.3 Å². The summed E-state index contributed by atoms with van der Waals surface area (Å²) in [6.45, 7) is -1.51. The van der Waals surface area contributed by atoms with E-state index in [9.17, 15) is 24.2 Å². The van der Waals surface area contributed by atoms with Crippen molar-refractivity contribution in [2.24, 2.45) is 0 Å². The lowest BCUT2D eigenvalue weighted by Gasteiger charge is -2.37. The number of para-hydroxylation sites is 2. The molecule has 502 valence electrons. The first-order valence-corrected chi connectivity index (χ1v) is 34.2. The highest BCUT2D eigenvalue weighted by Crippen LogP contribution is 2.57. The van der Waals surface area contributed by atoms with Gasteiger partial charge in [-0.05, 0) is 95.6 Å². The summed E-state index contributed by atoms with van der Waals surface area (Å²) in [5.74, 6) is -0.0170. The summed E-state index contributed by atoms with van der Waals surface area (Å²) in [4.78, 5) is 58.4. The molecule has 0 aliphatic carbocycles. The third-order valence-electron chi connectivity index (χ3n) is 15.8. The minimum Gasteiger partial charge on any atom is -0.497 e. The summed E-state index contributed by atoms with van der Waals surface area (Å²) in [5.41, 5.74) is 0.877. The molecule has 2 N–H and O–H groups in total. The number of hydrogen-bond acceptors (Lipinski definition) is 21. The number of phosphoric ester groups is 2. The highest BCUT2D eigenvalue weighted by atomic mass is 35.5. The van der Waals surface area contributed by atoms with Crippen LogP contribution in [0.3, 0.4) is 0 Å². The average Bonchev–Trinajstić information content (AvgIpc) is 0.857. The van der Waals surface area contributed by atoms with Gasteiger partial charge in [0, 0.05) is 30.2 Å². The number of amides is 2. The first-order chi connectivity index (χ1) is 47.6. The smallest absolute Gasteiger partial charge is 0.497 e. The zero-order valence-electron chi connectivity index (χ0n) is 52.2. The molecule has 10 aromatic rings. The molecule has 5 heterocycles. The Hall–Kier alpha value is -9.64. The van der Waals surface area contributed by atoms with E-state index < -0.39 is 88.8 Å². The van der Waals surface area contributed by atoms with Crippen LogP contribution in [0.2, 0.25) is 10.0 Å². The molecule has 2 saturated heterocycles. The van der Waals surface area contributed by atoms with E-state index >= 15 is 4.57 Å². The summed E-state index contributed by atoms with van der Waals surface area (Å²) in [7, 11) is -6.88. The lowest BCUT2D eigenvalue weighted by atomic mass is 9.80. The average molecular weight is 1410 g/mol. The van der Waals surface area contributed by atoms with Crippen LogP contribution in [0.4, 0.5) is 11.6 Å². The molecule has 3 aromatic heterocycles. The SMILES string of the molecule is COc1ccc(C(OC[C@H]2O[C@@H](n3cnc4c(NC(=O)c5ccccc5)ncnc43)C[C@@H]2OP(=O)(OC[C@H]2O[C@@H](n3ccc(NC(=O)c4ccccc4)nc3=O)C[C@@H]2OP(=O)(OCCC#N)Oc2ccccc2Cl)Oc2ccccc2Cl)(c2ccccc2)c2ccc(OC)cc2)cc1. The Morgan fingerprint density at radius 1 is 0.612 bits per heavy atom. The molecule has 2 aliphatic rings. The Kier molecular flexibility index (Phi) is 21.5. The number of nitrogens with zero attached hydrogens (tertiary/aromatic N) is 7. The monoisotopic (exact) mass is 1400 g/mol. The fraction of sp³-hybridized carbons (Fsp3) is 0.217. The summed E-state index contributed by atoms with van der Waals surface area (Å²) in [6, 6.07) is 56.7. The minimum absolute atomic E-state index is 0.00700. The van der Waals surface area contributed by atoms with Crippen LogP contribution in [0.25, 0.3) is 11.2 Å². The molecule has 7 aromatic carbocycles. The van der Waals surface area contributed by atoms with E-state index in [-0.39, 0.29) is 70.2 Å². The molecule has 2 unspecified atom stereocenters. The number of anilines is 2.